The zero-order chi connectivity index (χ0) is 30.8. The van der Waals surface area contributed by atoms with Crippen LogP contribution in [0.3, 0.4) is 0 Å². The lowest BCUT2D eigenvalue weighted by atomic mass is 9.99. The summed E-state index contributed by atoms with van der Waals surface area (Å²) >= 11 is 2.83. The van der Waals surface area contributed by atoms with Crippen molar-refractivity contribution in [1.29, 1.82) is 0 Å². The van der Waals surface area contributed by atoms with E-state index < -0.39 is 68.9 Å². The number of nitrogens with one attached hydrogen (secondary N) is 1. The van der Waals surface area contributed by atoms with Crippen molar-refractivity contribution in [1.82, 2.24) is 14.6 Å². The molecule has 0 spiro atoms. The van der Waals surface area contributed by atoms with Crippen molar-refractivity contribution in [3.63, 3.8) is 0 Å². The fourth-order valence-corrected chi connectivity index (χ4v) is 8.06. The highest BCUT2D eigenvalue weighted by molar-refractivity contribution is 7.89. The van der Waals surface area contributed by atoms with E-state index in [9.17, 15) is 36.0 Å². The SMILES string of the molecule is CC(C)C[C@H](NC(=O)c1cc2sccc2s1)C(=O)N=CC1CC[C@@H](C)N(S(=O)(=O)c2ccc(C(F)(F)F)cn2)CC1=O. The number of hydrogen-bond donors (Lipinski definition) is 1. The third-order valence-electron chi connectivity index (χ3n) is 6.80. The predicted octanol–water partition coefficient (Wildman–Crippen LogP) is 5.18. The predicted molar refractivity (Wildman–Crippen MR) is 154 cm³/mol. The summed E-state index contributed by atoms with van der Waals surface area (Å²) in [6.07, 6.45) is -2.28. The van der Waals surface area contributed by atoms with Crippen LogP contribution in [0.15, 0.2) is 45.9 Å². The van der Waals surface area contributed by atoms with Gasteiger partial charge in [0.15, 0.2) is 10.8 Å². The number of hydrogen-bond acceptors (Lipinski definition) is 8. The summed E-state index contributed by atoms with van der Waals surface area (Å²) in [5.41, 5.74) is -1.09. The molecule has 1 aliphatic heterocycles. The van der Waals surface area contributed by atoms with Gasteiger partial charge < -0.3 is 5.32 Å². The number of carbonyl (C=O) groups excluding carboxylic acids is 3. The van der Waals surface area contributed by atoms with Gasteiger partial charge in [-0.05, 0) is 61.7 Å². The highest BCUT2D eigenvalue weighted by Crippen LogP contribution is 2.31. The van der Waals surface area contributed by atoms with Crippen LogP contribution < -0.4 is 5.32 Å². The molecule has 0 aliphatic carbocycles. The molecule has 1 aliphatic rings. The highest BCUT2D eigenvalue weighted by Gasteiger charge is 2.38. The van der Waals surface area contributed by atoms with Crippen LogP contribution in [0, 0.1) is 11.8 Å². The Balaban J connectivity index is 1.46. The second-order valence-electron chi connectivity index (χ2n) is 10.5. The first-order chi connectivity index (χ1) is 19.7. The van der Waals surface area contributed by atoms with Crippen molar-refractivity contribution in [2.45, 2.75) is 63.3 Å². The van der Waals surface area contributed by atoms with Crippen LogP contribution in [-0.4, -0.2) is 60.1 Å². The number of amides is 2. The Kier molecular flexibility index (Phi) is 9.65. The smallest absolute Gasteiger partial charge is 0.339 e. The second-order valence-corrected chi connectivity index (χ2v) is 14.3. The average Bonchev–Trinajstić information content (AvgIpc) is 3.49. The number of alkyl halides is 3. The Morgan fingerprint density at radius 1 is 1.21 bits per heavy atom. The van der Waals surface area contributed by atoms with Crippen LogP contribution in [0.1, 0.15) is 55.3 Å². The number of aromatic nitrogens is 1. The van der Waals surface area contributed by atoms with Gasteiger partial charge in [0.1, 0.15) is 6.04 Å². The third-order valence-corrected chi connectivity index (χ3v) is 10.8. The summed E-state index contributed by atoms with van der Waals surface area (Å²) in [5.74, 6) is -2.35. The van der Waals surface area contributed by atoms with Gasteiger partial charge in [0.05, 0.1) is 22.9 Å². The maximum Gasteiger partial charge on any atom is 0.417 e. The van der Waals surface area contributed by atoms with E-state index in [1.807, 2.05) is 25.3 Å². The number of ketones is 1. The standard InChI is InChI=1S/C27H29F3N4O5S3/c1-15(2)10-19(33-26(37)23-11-22-21(41-23)8-9-40-22)25(36)32-12-17-5-4-16(3)34(14-20(17)35)42(38,39)24-7-6-18(13-31-24)27(28,29)30/h6-9,11-13,15-17,19H,4-5,10,14H2,1-3H3,(H,33,37)/t16-,17?,19+/m1/s1. The fraction of sp³-hybridized carbons (Fsp3) is 0.444. The molecule has 4 heterocycles. The maximum absolute atomic E-state index is 13.2. The largest absolute Gasteiger partial charge is 0.417 e. The van der Waals surface area contributed by atoms with Gasteiger partial charge in [-0.3, -0.25) is 14.4 Å². The lowest BCUT2D eigenvalue weighted by Gasteiger charge is -2.25. The lowest BCUT2D eigenvalue weighted by molar-refractivity contribution is -0.138. The molecule has 0 saturated carbocycles. The Hall–Kier alpha value is -3.01. The van der Waals surface area contributed by atoms with Gasteiger partial charge >= 0.3 is 6.18 Å². The maximum atomic E-state index is 13.2. The van der Waals surface area contributed by atoms with E-state index >= 15 is 0 Å². The number of nitrogens with zero attached hydrogens (tertiary/aromatic N) is 3. The molecule has 226 valence electrons. The molecule has 3 aromatic rings. The van der Waals surface area contributed by atoms with Crippen molar-refractivity contribution in [2.24, 2.45) is 16.8 Å². The molecule has 1 unspecified atom stereocenters. The summed E-state index contributed by atoms with van der Waals surface area (Å²) in [5, 5.41) is 4.08. The number of sulfonamides is 1. The molecule has 2 amide bonds. The molecule has 1 N–H and O–H groups in total. The zero-order valence-corrected chi connectivity index (χ0v) is 25.4. The van der Waals surface area contributed by atoms with Crippen LogP contribution in [0.4, 0.5) is 13.2 Å². The van der Waals surface area contributed by atoms with Gasteiger partial charge in [-0.2, -0.15) is 17.5 Å². The summed E-state index contributed by atoms with van der Waals surface area (Å²) in [6, 6.07) is 3.49. The van der Waals surface area contributed by atoms with Gasteiger partial charge in [-0.15, -0.1) is 22.7 Å². The van der Waals surface area contributed by atoms with E-state index in [2.05, 4.69) is 15.3 Å². The van der Waals surface area contributed by atoms with Crippen LogP contribution in [-0.2, 0) is 25.8 Å². The van der Waals surface area contributed by atoms with Crippen LogP contribution >= 0.6 is 22.7 Å². The van der Waals surface area contributed by atoms with Crippen molar-refractivity contribution in [3.05, 3.63) is 46.3 Å². The van der Waals surface area contributed by atoms with E-state index in [4.69, 9.17) is 0 Å². The summed E-state index contributed by atoms with van der Waals surface area (Å²) in [7, 11) is -4.38. The van der Waals surface area contributed by atoms with Gasteiger partial charge in [-0.25, -0.2) is 18.4 Å². The summed E-state index contributed by atoms with van der Waals surface area (Å²) in [4.78, 5) is 47.0. The first-order valence-corrected chi connectivity index (χ1v) is 16.2. The minimum Gasteiger partial charge on any atom is -0.339 e. The lowest BCUT2D eigenvalue weighted by Crippen LogP contribution is -2.41. The van der Waals surface area contributed by atoms with Crippen LogP contribution in [0.2, 0.25) is 0 Å². The van der Waals surface area contributed by atoms with Gasteiger partial charge in [0.25, 0.3) is 21.8 Å². The molecular weight excluding hydrogens is 614 g/mol. The van der Waals surface area contributed by atoms with Crippen molar-refractivity contribution in [3.8, 4) is 0 Å². The summed E-state index contributed by atoms with van der Waals surface area (Å²) in [6.45, 7) is 4.82. The first-order valence-electron chi connectivity index (χ1n) is 13.1. The number of carbonyl (C=O) groups is 3. The van der Waals surface area contributed by atoms with Crippen molar-refractivity contribution in [2.75, 3.05) is 6.54 Å². The Labute approximate surface area is 248 Å². The third kappa shape index (κ3) is 7.30. The Bertz CT molecular complexity index is 1570. The van der Waals surface area contributed by atoms with Crippen molar-refractivity contribution < 1.29 is 36.0 Å². The molecule has 0 radical (unpaired) electrons. The molecule has 9 nitrogen and oxygen atoms in total. The monoisotopic (exact) mass is 642 g/mol. The normalized spacial score (nSPS) is 19.8. The molecule has 3 atom stereocenters. The average molecular weight is 643 g/mol. The molecule has 4 rings (SSSR count). The molecule has 42 heavy (non-hydrogen) atoms. The second kappa shape index (κ2) is 12.7. The van der Waals surface area contributed by atoms with E-state index in [1.54, 1.807) is 13.0 Å². The number of rotatable bonds is 8. The molecule has 1 saturated heterocycles. The zero-order valence-electron chi connectivity index (χ0n) is 22.9. The molecule has 3 aromatic heterocycles. The van der Waals surface area contributed by atoms with Gasteiger partial charge in [0.2, 0.25) is 0 Å². The molecule has 15 heteroatoms. The minimum absolute atomic E-state index is 0.0548. The van der Waals surface area contributed by atoms with Crippen LogP contribution in [0.5, 0.6) is 0 Å². The number of fused-ring (bicyclic) bond motifs is 1. The highest BCUT2D eigenvalue weighted by atomic mass is 32.2. The Morgan fingerprint density at radius 2 is 1.95 bits per heavy atom. The fourth-order valence-electron chi connectivity index (χ4n) is 4.51. The Morgan fingerprint density at radius 3 is 2.57 bits per heavy atom. The first kappa shape index (κ1) is 31.9. The minimum atomic E-state index is -4.68. The van der Waals surface area contributed by atoms with Crippen molar-refractivity contribution >= 4 is 65.9 Å². The number of Topliss-reactive ketones (excluding diaryl/α,β-unsaturated/α-hetero) is 1. The van der Waals surface area contributed by atoms with E-state index in [1.165, 1.54) is 28.9 Å². The van der Waals surface area contributed by atoms with Crippen LogP contribution in [0.25, 0.3) is 9.40 Å². The number of pyridine rings is 1. The van der Waals surface area contributed by atoms with E-state index in [-0.39, 0.29) is 18.8 Å². The van der Waals surface area contributed by atoms with Gasteiger partial charge in [0, 0.05) is 27.9 Å². The molecule has 0 aromatic carbocycles. The number of aliphatic imine (C=N–C) groups is 1. The summed E-state index contributed by atoms with van der Waals surface area (Å²) < 4.78 is 67.9. The van der Waals surface area contributed by atoms with E-state index in [0.29, 0.717) is 23.6 Å². The van der Waals surface area contributed by atoms with E-state index in [0.717, 1.165) is 19.8 Å². The quantitative estimate of drug-likeness (QED) is 0.338. The molecule has 0 bridgehead atoms. The number of halogens is 3. The topological polar surface area (TPSA) is 126 Å². The molecular formula is C27H29F3N4O5S3. The molecule has 1 fully saturated rings. The van der Waals surface area contributed by atoms with Gasteiger partial charge in [-0.1, -0.05) is 13.8 Å². The number of thiophene rings is 2.